The van der Waals surface area contributed by atoms with Crippen LogP contribution in [0.2, 0.25) is 0 Å². The van der Waals surface area contributed by atoms with Gasteiger partial charge in [-0.2, -0.15) is 0 Å². The Morgan fingerprint density at radius 2 is 2.13 bits per heavy atom. The third-order valence-electron chi connectivity index (χ3n) is 6.19. The van der Waals surface area contributed by atoms with Crippen LogP contribution in [0.3, 0.4) is 0 Å². The molecule has 0 spiro atoms. The number of anilines is 2. The maximum Gasteiger partial charge on any atom is 0.165 e. The summed E-state index contributed by atoms with van der Waals surface area (Å²) in [6.45, 7) is 3.05. The van der Waals surface area contributed by atoms with Gasteiger partial charge in [-0.3, -0.25) is 0 Å². The molecule has 164 valence electrons. The minimum atomic E-state index is -0.253. The second-order valence-electron chi connectivity index (χ2n) is 8.57. The molecule has 1 aliphatic carbocycles. The van der Waals surface area contributed by atoms with Gasteiger partial charge in [-0.1, -0.05) is 15.9 Å². The van der Waals surface area contributed by atoms with Crippen molar-refractivity contribution in [1.29, 1.82) is 0 Å². The lowest BCUT2D eigenvalue weighted by Crippen LogP contribution is -2.51. The Hall–Kier alpha value is -2.43. The molecule has 2 fully saturated rings. The highest BCUT2D eigenvalue weighted by molar-refractivity contribution is 9.10. The smallest absolute Gasteiger partial charge is 0.165 e. The van der Waals surface area contributed by atoms with Crippen LogP contribution >= 0.6 is 15.9 Å². The van der Waals surface area contributed by atoms with Crippen LogP contribution in [0.1, 0.15) is 24.8 Å². The molecule has 0 radical (unpaired) electrons. The summed E-state index contributed by atoms with van der Waals surface area (Å²) < 4.78 is 8.75. The molecule has 1 aliphatic heterocycles. The summed E-state index contributed by atoms with van der Waals surface area (Å²) in [6, 6.07) is 4.66. The van der Waals surface area contributed by atoms with Gasteiger partial charge in [0.05, 0.1) is 25.7 Å². The number of nitrogen functional groups attached to an aromatic ring is 1. The number of nitrogens with one attached hydrogen (secondary N) is 1. The van der Waals surface area contributed by atoms with Gasteiger partial charge in [0, 0.05) is 41.3 Å². The normalized spacial score (nSPS) is 21.2. The Bertz CT molecular complexity index is 1110. The van der Waals surface area contributed by atoms with Gasteiger partial charge in [0.1, 0.15) is 17.6 Å². The zero-order valence-electron chi connectivity index (χ0n) is 17.5. The van der Waals surface area contributed by atoms with Crippen LogP contribution in [0.5, 0.6) is 5.75 Å². The largest absolute Gasteiger partial charge is 0.495 e. The first-order valence-electron chi connectivity index (χ1n) is 10.5. The molecule has 0 unspecified atom stereocenters. The molecule has 1 aromatic carbocycles. The summed E-state index contributed by atoms with van der Waals surface area (Å²) in [4.78, 5) is 15.2. The minimum absolute atomic E-state index is 0.253. The highest BCUT2D eigenvalue weighted by Gasteiger charge is 2.38. The molecule has 9 nitrogen and oxygen atoms in total. The molecule has 3 heterocycles. The van der Waals surface area contributed by atoms with Crippen molar-refractivity contribution in [3.05, 3.63) is 34.8 Å². The van der Waals surface area contributed by atoms with Gasteiger partial charge in [-0.05, 0) is 31.4 Å². The summed E-state index contributed by atoms with van der Waals surface area (Å²) in [5.74, 6) is 1.21. The number of benzene rings is 1. The average Bonchev–Trinajstić information content (AvgIpc) is 3.39. The Morgan fingerprint density at radius 3 is 2.90 bits per heavy atom. The zero-order valence-corrected chi connectivity index (χ0v) is 19.1. The van der Waals surface area contributed by atoms with Gasteiger partial charge >= 0.3 is 0 Å². The number of hydrogen-bond donors (Lipinski definition) is 3. The quantitative estimate of drug-likeness (QED) is 0.462. The fraction of sp³-hybridized carbons (Fsp3) is 0.476. The lowest BCUT2D eigenvalue weighted by atomic mass is 10.0. The van der Waals surface area contributed by atoms with Crippen LogP contribution in [0, 0.1) is 0 Å². The van der Waals surface area contributed by atoms with Crippen molar-refractivity contribution in [1.82, 2.24) is 24.8 Å². The number of hydrogen-bond acceptors (Lipinski definition) is 8. The lowest BCUT2D eigenvalue weighted by Gasteiger charge is -2.29. The summed E-state index contributed by atoms with van der Waals surface area (Å²) in [5.41, 5.74) is 15.9. The summed E-state index contributed by atoms with van der Waals surface area (Å²) in [7, 11) is 1.71. The highest BCUT2D eigenvalue weighted by Crippen LogP contribution is 2.40. The first-order chi connectivity index (χ1) is 15.0. The Kier molecular flexibility index (Phi) is 5.23. The Balaban J connectivity index is 1.48. The van der Waals surface area contributed by atoms with E-state index < -0.39 is 0 Å². The van der Waals surface area contributed by atoms with E-state index in [0.29, 0.717) is 29.6 Å². The van der Waals surface area contributed by atoms with Crippen LogP contribution in [0.25, 0.3) is 11.2 Å². The monoisotopic (exact) mass is 486 g/mol. The van der Waals surface area contributed by atoms with Gasteiger partial charge in [0.15, 0.2) is 11.5 Å². The number of nitrogens with zero attached hydrogens (tertiary/aromatic N) is 5. The predicted molar refractivity (Wildman–Crippen MR) is 124 cm³/mol. The molecule has 2 aliphatic rings. The summed E-state index contributed by atoms with van der Waals surface area (Å²) in [5, 5.41) is 3.60. The van der Waals surface area contributed by atoms with E-state index in [-0.39, 0.29) is 5.54 Å². The van der Waals surface area contributed by atoms with Crippen molar-refractivity contribution in [3.8, 4) is 5.75 Å². The molecular formula is C21H27BrN8O. The van der Waals surface area contributed by atoms with E-state index in [1.54, 1.807) is 13.4 Å². The van der Waals surface area contributed by atoms with Crippen LogP contribution in [-0.4, -0.2) is 57.8 Å². The SMILES string of the molecule is COc1ccc(Br)c(Cn2cnc3c(N)ncnc32)c1N1CC[C@](N)(CNC2CC2)C1. The number of methoxy groups -OCH3 is 1. The number of aromatic nitrogens is 4. The predicted octanol–water partition coefficient (Wildman–Crippen LogP) is 1.89. The van der Waals surface area contributed by atoms with E-state index in [9.17, 15) is 0 Å². The third kappa shape index (κ3) is 3.95. The van der Waals surface area contributed by atoms with Gasteiger partial charge in [0.25, 0.3) is 0 Å². The fourth-order valence-electron chi connectivity index (χ4n) is 4.30. The molecular weight excluding hydrogens is 460 g/mol. The molecule has 5 N–H and O–H groups in total. The van der Waals surface area contributed by atoms with E-state index in [0.717, 1.165) is 47.5 Å². The van der Waals surface area contributed by atoms with Crippen molar-refractivity contribution in [2.24, 2.45) is 5.73 Å². The summed E-state index contributed by atoms with van der Waals surface area (Å²) >= 11 is 3.75. The second-order valence-corrected chi connectivity index (χ2v) is 9.42. The topological polar surface area (TPSA) is 120 Å². The van der Waals surface area contributed by atoms with Crippen molar-refractivity contribution in [3.63, 3.8) is 0 Å². The molecule has 0 bridgehead atoms. The molecule has 2 aromatic heterocycles. The van der Waals surface area contributed by atoms with Crippen LogP contribution in [-0.2, 0) is 6.54 Å². The van der Waals surface area contributed by atoms with E-state index >= 15 is 0 Å². The van der Waals surface area contributed by atoms with Crippen LogP contribution < -0.4 is 26.4 Å². The van der Waals surface area contributed by atoms with Gasteiger partial charge < -0.3 is 31.0 Å². The molecule has 0 amide bonds. The van der Waals surface area contributed by atoms with Crippen molar-refractivity contribution in [2.45, 2.75) is 37.4 Å². The molecule has 1 saturated carbocycles. The van der Waals surface area contributed by atoms with Crippen molar-refractivity contribution < 1.29 is 4.74 Å². The molecule has 1 saturated heterocycles. The number of rotatable bonds is 7. The molecule has 31 heavy (non-hydrogen) atoms. The maximum atomic E-state index is 6.77. The van der Waals surface area contributed by atoms with Crippen LogP contribution in [0.15, 0.2) is 29.3 Å². The maximum absolute atomic E-state index is 6.77. The van der Waals surface area contributed by atoms with E-state index in [2.05, 4.69) is 41.1 Å². The van der Waals surface area contributed by atoms with Crippen molar-refractivity contribution in [2.75, 3.05) is 37.4 Å². The highest BCUT2D eigenvalue weighted by atomic mass is 79.9. The lowest BCUT2D eigenvalue weighted by molar-refractivity contribution is 0.412. The van der Waals surface area contributed by atoms with Gasteiger partial charge in [-0.25, -0.2) is 15.0 Å². The molecule has 3 aromatic rings. The molecule has 1 atom stereocenters. The van der Waals surface area contributed by atoms with E-state index in [1.807, 2.05) is 16.7 Å². The van der Waals surface area contributed by atoms with Gasteiger partial charge in [-0.15, -0.1) is 0 Å². The number of imidazole rings is 1. The second kappa shape index (κ2) is 7.92. The standard InChI is InChI=1S/C21H27BrN8O/c1-31-16-5-4-15(22)14(8-30-12-28-17-19(23)26-11-27-20(17)30)18(16)29-7-6-21(24,10-29)9-25-13-2-3-13/h4-5,11-13,25H,2-3,6-10,24H2,1H3,(H2,23,26,27)/t21-/m0/s1. The Labute approximate surface area is 189 Å². The average molecular weight is 487 g/mol. The molecule has 5 rings (SSSR count). The Morgan fingerprint density at radius 1 is 1.29 bits per heavy atom. The van der Waals surface area contributed by atoms with Crippen LogP contribution in [0.4, 0.5) is 11.5 Å². The van der Waals surface area contributed by atoms with Gasteiger partial charge in [0.2, 0.25) is 0 Å². The first kappa shape index (κ1) is 20.5. The number of fused-ring (bicyclic) bond motifs is 1. The molecule has 10 heteroatoms. The van der Waals surface area contributed by atoms with E-state index in [4.69, 9.17) is 16.2 Å². The summed E-state index contributed by atoms with van der Waals surface area (Å²) in [6.07, 6.45) is 6.67. The number of halogens is 1. The number of nitrogens with two attached hydrogens (primary N) is 2. The fourth-order valence-corrected chi connectivity index (χ4v) is 4.75. The minimum Gasteiger partial charge on any atom is -0.495 e. The number of ether oxygens (including phenoxy) is 1. The zero-order chi connectivity index (χ0) is 21.6. The van der Waals surface area contributed by atoms with E-state index in [1.165, 1.54) is 19.2 Å². The van der Waals surface area contributed by atoms with Crippen molar-refractivity contribution >= 4 is 38.6 Å². The third-order valence-corrected chi connectivity index (χ3v) is 6.93. The first-order valence-corrected chi connectivity index (χ1v) is 11.3.